The first kappa shape index (κ1) is 12.4. The molecule has 2 N–H and O–H groups in total. The van der Waals surface area contributed by atoms with Crippen LogP contribution in [-0.4, -0.2) is 10.9 Å². The van der Waals surface area contributed by atoms with E-state index in [1.807, 2.05) is 0 Å². The summed E-state index contributed by atoms with van der Waals surface area (Å²) in [7, 11) is 0. The van der Waals surface area contributed by atoms with Crippen LogP contribution in [0.3, 0.4) is 0 Å². The molecule has 0 saturated carbocycles. The third-order valence-corrected chi connectivity index (χ3v) is 2.65. The first-order valence-corrected chi connectivity index (χ1v) is 5.57. The van der Waals surface area contributed by atoms with Crippen LogP contribution >= 0.6 is 11.6 Å². The molecule has 0 unspecified atom stereocenters. The van der Waals surface area contributed by atoms with E-state index < -0.39 is 5.91 Å². The van der Waals surface area contributed by atoms with Crippen molar-refractivity contribution in [2.75, 3.05) is 0 Å². The predicted molar refractivity (Wildman–Crippen MR) is 65.5 cm³/mol. The third-order valence-electron chi connectivity index (χ3n) is 2.41. The van der Waals surface area contributed by atoms with Crippen molar-refractivity contribution in [2.45, 2.75) is 13.5 Å². The van der Waals surface area contributed by atoms with Crippen molar-refractivity contribution >= 4 is 17.5 Å². The minimum Gasteiger partial charge on any atom is -0.485 e. The monoisotopic (exact) mass is 266 g/mol. The molecule has 1 aromatic heterocycles. The molecule has 0 bridgehead atoms. The number of aromatic nitrogens is 1. The molecule has 2 aromatic rings. The van der Waals surface area contributed by atoms with Gasteiger partial charge in [-0.1, -0.05) is 11.6 Å². The Labute approximate surface area is 109 Å². The van der Waals surface area contributed by atoms with Crippen molar-refractivity contribution in [1.29, 1.82) is 0 Å². The number of carbonyl (C=O) groups excluding carboxylic acids is 1. The Morgan fingerprint density at radius 2 is 2.33 bits per heavy atom. The van der Waals surface area contributed by atoms with Crippen molar-refractivity contribution in [3.8, 4) is 5.75 Å². The molecule has 0 aliphatic heterocycles. The zero-order valence-corrected chi connectivity index (χ0v) is 10.4. The van der Waals surface area contributed by atoms with Crippen LogP contribution in [0.5, 0.6) is 5.75 Å². The standard InChI is InChI=1S/C12H11ClN2O3/c1-7-11(18-6-15-7)5-17-10-3-2-8(13)4-9(10)12(14)16/h2-4,6H,5H2,1H3,(H2,14,16). The van der Waals surface area contributed by atoms with E-state index in [-0.39, 0.29) is 12.2 Å². The van der Waals surface area contributed by atoms with Crippen LogP contribution in [0.25, 0.3) is 0 Å². The molecule has 1 amide bonds. The molecule has 0 aliphatic rings. The molecule has 0 aliphatic carbocycles. The van der Waals surface area contributed by atoms with Gasteiger partial charge in [0, 0.05) is 5.02 Å². The highest BCUT2D eigenvalue weighted by Crippen LogP contribution is 2.23. The van der Waals surface area contributed by atoms with Gasteiger partial charge in [0.15, 0.2) is 12.2 Å². The van der Waals surface area contributed by atoms with Crippen molar-refractivity contribution < 1.29 is 13.9 Å². The van der Waals surface area contributed by atoms with Gasteiger partial charge < -0.3 is 14.9 Å². The number of nitrogens with zero attached hydrogens (tertiary/aromatic N) is 1. The van der Waals surface area contributed by atoms with Gasteiger partial charge in [-0.05, 0) is 25.1 Å². The van der Waals surface area contributed by atoms with Crippen molar-refractivity contribution in [3.05, 3.63) is 46.6 Å². The van der Waals surface area contributed by atoms with Gasteiger partial charge in [0.05, 0.1) is 11.3 Å². The number of primary amides is 1. The minimum atomic E-state index is -0.596. The van der Waals surface area contributed by atoms with E-state index in [1.165, 1.54) is 12.5 Å². The molecule has 0 fully saturated rings. The maximum Gasteiger partial charge on any atom is 0.252 e. The maximum atomic E-state index is 11.3. The molecule has 0 spiro atoms. The second-order valence-corrected chi connectivity index (χ2v) is 4.09. The van der Waals surface area contributed by atoms with Crippen molar-refractivity contribution in [3.63, 3.8) is 0 Å². The number of carbonyl (C=O) groups is 1. The number of oxazole rings is 1. The second-order valence-electron chi connectivity index (χ2n) is 3.65. The van der Waals surface area contributed by atoms with E-state index in [2.05, 4.69) is 4.98 Å². The number of hydrogen-bond acceptors (Lipinski definition) is 4. The largest absolute Gasteiger partial charge is 0.485 e. The van der Waals surface area contributed by atoms with Gasteiger partial charge in [0.25, 0.3) is 5.91 Å². The summed E-state index contributed by atoms with van der Waals surface area (Å²) in [5.41, 5.74) is 6.23. The normalized spacial score (nSPS) is 10.3. The first-order chi connectivity index (χ1) is 8.58. The summed E-state index contributed by atoms with van der Waals surface area (Å²) < 4.78 is 10.6. The minimum absolute atomic E-state index is 0.174. The van der Waals surface area contributed by atoms with Crippen LogP contribution in [0.1, 0.15) is 21.8 Å². The molecule has 0 saturated heterocycles. The van der Waals surface area contributed by atoms with Gasteiger partial charge in [0.1, 0.15) is 12.4 Å². The lowest BCUT2D eigenvalue weighted by atomic mass is 10.2. The molecular weight excluding hydrogens is 256 g/mol. The fourth-order valence-corrected chi connectivity index (χ4v) is 1.60. The lowest BCUT2D eigenvalue weighted by Gasteiger charge is -2.08. The van der Waals surface area contributed by atoms with E-state index in [0.29, 0.717) is 16.5 Å². The molecular formula is C12H11ClN2O3. The molecule has 18 heavy (non-hydrogen) atoms. The lowest BCUT2D eigenvalue weighted by Crippen LogP contribution is -2.13. The predicted octanol–water partition coefficient (Wildman–Crippen LogP) is 2.31. The highest BCUT2D eigenvalue weighted by atomic mass is 35.5. The summed E-state index contributed by atoms with van der Waals surface area (Å²) in [5.74, 6) is 0.366. The van der Waals surface area contributed by atoms with E-state index in [1.54, 1.807) is 19.1 Å². The summed E-state index contributed by atoms with van der Waals surface area (Å²) in [5, 5.41) is 0.423. The van der Waals surface area contributed by atoms with Gasteiger partial charge in [-0.15, -0.1) is 0 Å². The van der Waals surface area contributed by atoms with Gasteiger partial charge in [-0.2, -0.15) is 0 Å². The van der Waals surface area contributed by atoms with E-state index in [4.69, 9.17) is 26.5 Å². The molecule has 2 rings (SSSR count). The fourth-order valence-electron chi connectivity index (χ4n) is 1.43. The quantitative estimate of drug-likeness (QED) is 0.921. The molecule has 6 heteroatoms. The molecule has 1 aromatic carbocycles. The zero-order valence-electron chi connectivity index (χ0n) is 9.64. The topological polar surface area (TPSA) is 78.3 Å². The Morgan fingerprint density at radius 3 is 2.94 bits per heavy atom. The third kappa shape index (κ3) is 2.62. The Morgan fingerprint density at radius 1 is 1.56 bits per heavy atom. The van der Waals surface area contributed by atoms with Crippen LogP contribution in [0, 0.1) is 6.92 Å². The smallest absolute Gasteiger partial charge is 0.252 e. The van der Waals surface area contributed by atoms with E-state index >= 15 is 0 Å². The van der Waals surface area contributed by atoms with Gasteiger partial charge in [-0.25, -0.2) is 4.98 Å². The highest BCUT2D eigenvalue weighted by Gasteiger charge is 2.12. The summed E-state index contributed by atoms with van der Waals surface area (Å²) in [6.07, 6.45) is 1.34. The van der Waals surface area contributed by atoms with Crippen molar-refractivity contribution in [1.82, 2.24) is 4.98 Å². The lowest BCUT2D eigenvalue weighted by molar-refractivity contribution is 0.0995. The zero-order chi connectivity index (χ0) is 13.1. The molecule has 5 nitrogen and oxygen atoms in total. The van der Waals surface area contributed by atoms with Crippen LogP contribution < -0.4 is 10.5 Å². The molecule has 94 valence electrons. The molecule has 0 atom stereocenters. The van der Waals surface area contributed by atoms with E-state index in [9.17, 15) is 4.79 Å². The van der Waals surface area contributed by atoms with Crippen LogP contribution in [-0.2, 0) is 6.61 Å². The Kier molecular flexibility index (Phi) is 3.53. The Bertz CT molecular complexity index is 580. The Balaban J connectivity index is 2.19. The van der Waals surface area contributed by atoms with Gasteiger partial charge in [-0.3, -0.25) is 4.79 Å². The number of aryl methyl sites for hydroxylation is 1. The maximum absolute atomic E-state index is 11.3. The van der Waals surface area contributed by atoms with Gasteiger partial charge in [0.2, 0.25) is 0 Å². The number of benzene rings is 1. The summed E-state index contributed by atoms with van der Waals surface area (Å²) in [6, 6.07) is 4.68. The number of rotatable bonds is 4. The molecule has 1 heterocycles. The number of nitrogens with two attached hydrogens (primary N) is 1. The fraction of sp³-hybridized carbons (Fsp3) is 0.167. The Hall–Kier alpha value is -2.01. The SMILES string of the molecule is Cc1ncoc1COc1ccc(Cl)cc1C(N)=O. The number of ether oxygens (including phenoxy) is 1. The molecule has 0 radical (unpaired) electrons. The highest BCUT2D eigenvalue weighted by molar-refractivity contribution is 6.31. The number of amides is 1. The summed E-state index contributed by atoms with van der Waals surface area (Å²) >= 11 is 5.79. The summed E-state index contributed by atoms with van der Waals surface area (Å²) in [6.45, 7) is 1.98. The first-order valence-electron chi connectivity index (χ1n) is 5.19. The second kappa shape index (κ2) is 5.10. The number of hydrogen-bond donors (Lipinski definition) is 1. The van der Waals surface area contributed by atoms with Gasteiger partial charge >= 0.3 is 0 Å². The summed E-state index contributed by atoms with van der Waals surface area (Å²) in [4.78, 5) is 15.2. The van der Waals surface area contributed by atoms with Crippen molar-refractivity contribution in [2.24, 2.45) is 5.73 Å². The number of halogens is 1. The van der Waals surface area contributed by atoms with Crippen LogP contribution in [0.15, 0.2) is 29.0 Å². The average Bonchev–Trinajstić information content (AvgIpc) is 2.73. The van der Waals surface area contributed by atoms with E-state index in [0.717, 1.165) is 5.69 Å². The average molecular weight is 267 g/mol. The van der Waals surface area contributed by atoms with Crippen LogP contribution in [0.4, 0.5) is 0 Å². The van der Waals surface area contributed by atoms with Crippen LogP contribution in [0.2, 0.25) is 5.02 Å².